The van der Waals surface area contributed by atoms with E-state index in [-0.39, 0.29) is 5.69 Å². The van der Waals surface area contributed by atoms with E-state index in [1.807, 2.05) is 6.92 Å². The predicted molar refractivity (Wildman–Crippen MR) is 73.0 cm³/mol. The summed E-state index contributed by atoms with van der Waals surface area (Å²) in [6.07, 6.45) is 0. The van der Waals surface area contributed by atoms with Gasteiger partial charge < -0.3 is 0 Å². The fourth-order valence-corrected chi connectivity index (χ4v) is 3.04. The summed E-state index contributed by atoms with van der Waals surface area (Å²) in [6, 6.07) is 6.17. The normalized spacial score (nSPS) is 11.5. The van der Waals surface area contributed by atoms with E-state index in [1.165, 1.54) is 6.07 Å². The molecule has 0 saturated heterocycles. The van der Waals surface area contributed by atoms with Gasteiger partial charge in [-0.15, -0.1) is 0 Å². The molecule has 0 aliphatic heterocycles. The highest BCUT2D eigenvalue weighted by Crippen LogP contribution is 2.24. The molecule has 0 atom stereocenters. The molecule has 0 bridgehead atoms. The standard InChI is InChI=1S/C14H12F3NO2S/c1-8-3-5-11(9(2)7-8)18-21(19,20)12-6-4-10(15)13(16)14(12)17/h3-7,18H,1-2H3. The molecule has 2 aromatic carbocycles. The molecular weight excluding hydrogens is 303 g/mol. The summed E-state index contributed by atoms with van der Waals surface area (Å²) in [5.41, 5.74) is 1.79. The lowest BCUT2D eigenvalue weighted by Gasteiger charge is -2.12. The van der Waals surface area contributed by atoms with Crippen molar-refractivity contribution in [2.45, 2.75) is 18.7 Å². The summed E-state index contributed by atoms with van der Waals surface area (Å²) in [6.45, 7) is 3.51. The number of benzene rings is 2. The Morgan fingerprint density at radius 2 is 1.62 bits per heavy atom. The molecule has 0 aliphatic carbocycles. The highest BCUT2D eigenvalue weighted by Gasteiger charge is 2.24. The maximum absolute atomic E-state index is 13.6. The van der Waals surface area contributed by atoms with Crippen molar-refractivity contribution in [2.75, 3.05) is 4.72 Å². The van der Waals surface area contributed by atoms with Crippen molar-refractivity contribution >= 4 is 15.7 Å². The monoisotopic (exact) mass is 315 g/mol. The first-order valence-corrected chi connectivity index (χ1v) is 7.44. The zero-order valence-corrected chi connectivity index (χ0v) is 12.1. The van der Waals surface area contributed by atoms with E-state index in [4.69, 9.17) is 0 Å². The van der Waals surface area contributed by atoms with Crippen molar-refractivity contribution < 1.29 is 21.6 Å². The molecule has 3 nitrogen and oxygen atoms in total. The fraction of sp³-hybridized carbons (Fsp3) is 0.143. The molecule has 0 spiro atoms. The number of hydrogen-bond donors (Lipinski definition) is 1. The van der Waals surface area contributed by atoms with Crippen LogP contribution in [0.5, 0.6) is 0 Å². The third-order valence-corrected chi connectivity index (χ3v) is 4.30. The summed E-state index contributed by atoms with van der Waals surface area (Å²) >= 11 is 0. The minimum atomic E-state index is -4.35. The van der Waals surface area contributed by atoms with Crippen LogP contribution in [0.2, 0.25) is 0 Å². The van der Waals surface area contributed by atoms with Crippen molar-refractivity contribution in [1.29, 1.82) is 0 Å². The second-order valence-electron chi connectivity index (χ2n) is 4.60. The van der Waals surface area contributed by atoms with Gasteiger partial charge in [0, 0.05) is 0 Å². The van der Waals surface area contributed by atoms with Gasteiger partial charge >= 0.3 is 0 Å². The first-order chi connectivity index (χ1) is 9.72. The molecule has 1 N–H and O–H groups in total. The Morgan fingerprint density at radius 1 is 0.952 bits per heavy atom. The molecule has 0 radical (unpaired) electrons. The third-order valence-electron chi connectivity index (χ3n) is 2.92. The Bertz CT molecular complexity index is 804. The second-order valence-corrected chi connectivity index (χ2v) is 6.25. The predicted octanol–water partition coefficient (Wildman–Crippen LogP) is 3.52. The largest absolute Gasteiger partial charge is 0.279 e. The lowest BCUT2D eigenvalue weighted by Crippen LogP contribution is -2.16. The fourth-order valence-electron chi connectivity index (χ4n) is 1.84. The van der Waals surface area contributed by atoms with Crippen LogP contribution in [0.3, 0.4) is 0 Å². The van der Waals surface area contributed by atoms with Crippen LogP contribution >= 0.6 is 0 Å². The average Bonchev–Trinajstić information content (AvgIpc) is 2.39. The summed E-state index contributed by atoms with van der Waals surface area (Å²) < 4.78 is 65.9. The summed E-state index contributed by atoms with van der Waals surface area (Å²) in [4.78, 5) is -0.943. The molecular formula is C14H12F3NO2S. The Balaban J connectivity index is 2.46. The van der Waals surface area contributed by atoms with Gasteiger partial charge in [0.1, 0.15) is 4.90 Å². The van der Waals surface area contributed by atoms with Crippen molar-refractivity contribution in [3.8, 4) is 0 Å². The first-order valence-electron chi connectivity index (χ1n) is 5.96. The Hall–Kier alpha value is -2.02. The van der Waals surface area contributed by atoms with Crippen LogP contribution in [-0.4, -0.2) is 8.42 Å². The Labute approximate surface area is 120 Å². The van der Waals surface area contributed by atoms with Gasteiger partial charge in [-0.3, -0.25) is 4.72 Å². The minimum Gasteiger partial charge on any atom is -0.279 e. The van der Waals surface area contributed by atoms with Gasteiger partial charge in [-0.25, -0.2) is 21.6 Å². The van der Waals surface area contributed by atoms with E-state index >= 15 is 0 Å². The second kappa shape index (κ2) is 5.40. The highest BCUT2D eigenvalue weighted by molar-refractivity contribution is 7.92. The molecule has 2 aromatic rings. The molecule has 0 unspecified atom stereocenters. The topological polar surface area (TPSA) is 46.2 Å². The van der Waals surface area contributed by atoms with Gasteiger partial charge in [-0.1, -0.05) is 17.7 Å². The van der Waals surface area contributed by atoms with Gasteiger partial charge in [0.15, 0.2) is 17.5 Å². The van der Waals surface area contributed by atoms with Crippen LogP contribution < -0.4 is 4.72 Å². The molecule has 21 heavy (non-hydrogen) atoms. The molecule has 0 amide bonds. The molecule has 7 heteroatoms. The quantitative estimate of drug-likeness (QED) is 0.881. The van der Waals surface area contributed by atoms with E-state index in [2.05, 4.69) is 4.72 Å². The number of nitrogens with one attached hydrogen (secondary N) is 1. The molecule has 0 saturated carbocycles. The van der Waals surface area contributed by atoms with E-state index < -0.39 is 32.4 Å². The number of aryl methyl sites for hydroxylation is 2. The molecule has 0 aromatic heterocycles. The van der Waals surface area contributed by atoms with Crippen LogP contribution in [0, 0.1) is 31.3 Å². The minimum absolute atomic E-state index is 0.240. The van der Waals surface area contributed by atoms with E-state index in [0.29, 0.717) is 17.7 Å². The maximum Gasteiger partial charge on any atom is 0.264 e. The zero-order chi connectivity index (χ0) is 15.8. The molecule has 0 fully saturated rings. The van der Waals surface area contributed by atoms with Gasteiger partial charge in [-0.2, -0.15) is 0 Å². The molecule has 2 rings (SSSR count). The van der Waals surface area contributed by atoms with Crippen LogP contribution in [0.4, 0.5) is 18.9 Å². The van der Waals surface area contributed by atoms with E-state index in [1.54, 1.807) is 19.1 Å². The molecule has 0 heterocycles. The zero-order valence-electron chi connectivity index (χ0n) is 11.2. The lowest BCUT2D eigenvalue weighted by molar-refractivity contribution is 0.432. The maximum atomic E-state index is 13.6. The Morgan fingerprint density at radius 3 is 2.24 bits per heavy atom. The smallest absolute Gasteiger partial charge is 0.264 e. The van der Waals surface area contributed by atoms with Crippen molar-refractivity contribution in [2.24, 2.45) is 0 Å². The van der Waals surface area contributed by atoms with E-state index in [9.17, 15) is 21.6 Å². The number of halogens is 3. The Kier molecular flexibility index (Phi) is 3.95. The van der Waals surface area contributed by atoms with E-state index in [0.717, 1.165) is 5.56 Å². The number of sulfonamides is 1. The van der Waals surface area contributed by atoms with Gasteiger partial charge in [0.05, 0.1) is 5.69 Å². The van der Waals surface area contributed by atoms with Gasteiger partial charge in [0.25, 0.3) is 10.0 Å². The number of hydrogen-bond acceptors (Lipinski definition) is 2. The van der Waals surface area contributed by atoms with Gasteiger partial charge in [0.2, 0.25) is 0 Å². The van der Waals surface area contributed by atoms with Crippen LogP contribution in [0.15, 0.2) is 35.2 Å². The van der Waals surface area contributed by atoms with Crippen molar-refractivity contribution in [1.82, 2.24) is 0 Å². The third kappa shape index (κ3) is 3.02. The summed E-state index contributed by atoms with van der Waals surface area (Å²) in [5, 5.41) is 0. The highest BCUT2D eigenvalue weighted by atomic mass is 32.2. The SMILES string of the molecule is Cc1ccc(NS(=O)(=O)c2ccc(F)c(F)c2F)c(C)c1. The van der Waals surface area contributed by atoms with Crippen LogP contribution in [-0.2, 0) is 10.0 Å². The number of anilines is 1. The summed E-state index contributed by atoms with van der Waals surface area (Å²) in [5.74, 6) is -5.01. The van der Waals surface area contributed by atoms with Crippen LogP contribution in [0.25, 0.3) is 0 Å². The summed E-state index contributed by atoms with van der Waals surface area (Å²) in [7, 11) is -4.35. The molecule has 0 aliphatic rings. The van der Waals surface area contributed by atoms with Crippen molar-refractivity contribution in [3.63, 3.8) is 0 Å². The lowest BCUT2D eigenvalue weighted by atomic mass is 10.1. The first kappa shape index (κ1) is 15.4. The van der Waals surface area contributed by atoms with Crippen LogP contribution in [0.1, 0.15) is 11.1 Å². The molecule has 112 valence electrons. The number of rotatable bonds is 3. The van der Waals surface area contributed by atoms with Crippen molar-refractivity contribution in [3.05, 3.63) is 58.9 Å². The van der Waals surface area contributed by atoms with Gasteiger partial charge in [-0.05, 0) is 37.6 Å². The average molecular weight is 315 g/mol.